The Morgan fingerprint density at radius 2 is 0.908 bits per heavy atom. The van der Waals surface area contributed by atoms with Gasteiger partial charge in [-0.2, -0.15) is 46.7 Å². The summed E-state index contributed by atoms with van der Waals surface area (Å²) in [6.45, 7) is -0.477. The Kier molecular flexibility index (Phi) is 14.7. The Balaban J connectivity index is 1.31. The number of anilines is 10. The van der Waals surface area contributed by atoms with E-state index in [1.54, 1.807) is 60.7 Å². The van der Waals surface area contributed by atoms with Crippen molar-refractivity contribution < 1.29 is 56.0 Å². The van der Waals surface area contributed by atoms with Crippen molar-refractivity contribution in [3.05, 3.63) is 108 Å². The second-order valence-electron chi connectivity index (χ2n) is 13.3. The van der Waals surface area contributed by atoms with E-state index in [9.17, 15) is 56.0 Å². The standard InChI is InChI=1S/C39H38N12O12S2/c52-19-17-51(18-20-53)39-49-36(41-26-9-5-2-6-10-26)48-37(50-39)43-28-16-14-24(30(22-28)65(61,62)63)12-11-23-13-15-27(21-29(23)64(58,59)60)42-35-45-34(40-25-7-3-1-4-8-25)46-38(47-35)44-31(32(54)55)33(56)57/h1-16,21-22,31,52-53H,17-20H2,(H,54,55)(H,56,57)(H,58,59,60)(H,61,62,63)(H2,41,43,48,49,50)(H3,40,42,44,45,46,47)/b12-11+. The summed E-state index contributed by atoms with van der Waals surface area (Å²) in [5.41, 5.74) is 0.863. The van der Waals surface area contributed by atoms with E-state index in [4.69, 9.17) is 0 Å². The predicted octanol–water partition coefficient (Wildman–Crippen LogP) is 3.44. The van der Waals surface area contributed by atoms with Crippen LogP contribution in [0.25, 0.3) is 12.2 Å². The first-order valence-electron chi connectivity index (χ1n) is 18.8. The van der Waals surface area contributed by atoms with Gasteiger partial charge in [0.25, 0.3) is 20.2 Å². The number of aliphatic hydroxyl groups is 2. The van der Waals surface area contributed by atoms with Gasteiger partial charge in [0, 0.05) is 35.8 Å². The third kappa shape index (κ3) is 12.8. The monoisotopic (exact) mass is 930 g/mol. The number of carbonyl (C=O) groups is 2. The molecule has 338 valence electrons. The number of aromatic nitrogens is 6. The van der Waals surface area contributed by atoms with E-state index in [0.29, 0.717) is 11.4 Å². The third-order valence-corrected chi connectivity index (χ3v) is 10.5. The lowest BCUT2D eigenvalue weighted by molar-refractivity contribution is -0.148. The lowest BCUT2D eigenvalue weighted by Crippen LogP contribution is -2.37. The molecule has 26 heteroatoms. The number of hydrogen-bond donors (Lipinski definition) is 11. The fourth-order valence-corrected chi connectivity index (χ4v) is 7.19. The van der Waals surface area contributed by atoms with Crippen LogP contribution in [0, 0.1) is 0 Å². The minimum atomic E-state index is -5.00. The van der Waals surface area contributed by atoms with Gasteiger partial charge in [0.05, 0.1) is 13.2 Å². The van der Waals surface area contributed by atoms with Gasteiger partial charge in [-0.3, -0.25) is 9.11 Å². The number of hydrogen-bond acceptors (Lipinski definition) is 20. The van der Waals surface area contributed by atoms with Crippen LogP contribution in [-0.2, 0) is 29.8 Å². The number of aliphatic hydroxyl groups excluding tert-OH is 2. The fraction of sp³-hybridized carbons (Fsp3) is 0.128. The zero-order valence-corrected chi connectivity index (χ0v) is 35.0. The molecular weight excluding hydrogens is 893 g/mol. The molecule has 0 fully saturated rings. The van der Waals surface area contributed by atoms with Gasteiger partial charge in [0.15, 0.2) is 0 Å². The van der Waals surface area contributed by atoms with Crippen molar-refractivity contribution >= 4 is 103 Å². The van der Waals surface area contributed by atoms with Crippen LogP contribution in [0.5, 0.6) is 0 Å². The SMILES string of the molecule is O=C(O)C(Nc1nc(Nc2ccccc2)nc(Nc2ccc(/C=C/c3ccc(Nc4nc(Nc5ccccc5)nc(N(CCO)CCO)n4)cc3S(=O)(=O)O)c(S(=O)(=O)O)c2)n1)C(=O)O. The van der Waals surface area contributed by atoms with E-state index in [1.807, 2.05) is 0 Å². The van der Waals surface area contributed by atoms with Crippen LogP contribution in [0.15, 0.2) is 107 Å². The van der Waals surface area contributed by atoms with Crippen LogP contribution in [0.3, 0.4) is 0 Å². The molecule has 6 aromatic rings. The Morgan fingerprint density at radius 3 is 1.28 bits per heavy atom. The number of nitrogens with one attached hydrogen (secondary N) is 5. The number of nitrogens with zero attached hydrogens (tertiary/aromatic N) is 7. The molecule has 0 saturated carbocycles. The quantitative estimate of drug-likeness (QED) is 0.0280. The maximum atomic E-state index is 12.7. The van der Waals surface area contributed by atoms with Crippen LogP contribution < -0.4 is 31.5 Å². The Labute approximate surface area is 369 Å². The molecule has 6 rings (SSSR count). The average molecular weight is 931 g/mol. The molecule has 2 heterocycles. The molecular formula is C39H38N12O12S2. The number of carboxylic acid groups (broad SMARTS) is 2. The van der Waals surface area contributed by atoms with Gasteiger partial charge in [0.2, 0.25) is 41.7 Å². The highest BCUT2D eigenvalue weighted by Crippen LogP contribution is 2.29. The van der Waals surface area contributed by atoms with E-state index < -0.39 is 54.0 Å². The Hall–Kier alpha value is -7.88. The normalized spacial score (nSPS) is 11.6. The summed E-state index contributed by atoms with van der Waals surface area (Å²) in [5.74, 6) is -4.47. The summed E-state index contributed by atoms with van der Waals surface area (Å²) in [6.07, 6.45) is 2.33. The highest BCUT2D eigenvalue weighted by atomic mass is 32.2. The van der Waals surface area contributed by atoms with Crippen LogP contribution >= 0.6 is 0 Å². The van der Waals surface area contributed by atoms with Gasteiger partial charge >= 0.3 is 11.9 Å². The fourth-order valence-electron chi connectivity index (χ4n) is 5.77. The summed E-state index contributed by atoms with van der Waals surface area (Å²) in [5, 5.41) is 51.6. The topological polar surface area (TPSA) is 365 Å². The van der Waals surface area contributed by atoms with E-state index in [1.165, 1.54) is 35.2 Å². The average Bonchev–Trinajstić information content (AvgIpc) is 3.25. The van der Waals surface area contributed by atoms with Crippen molar-refractivity contribution in [2.45, 2.75) is 15.8 Å². The Bertz CT molecular complexity index is 2910. The van der Waals surface area contributed by atoms with Gasteiger partial charge in [-0.05, 0) is 59.7 Å². The third-order valence-electron chi connectivity index (χ3n) is 8.65. The summed E-state index contributed by atoms with van der Waals surface area (Å²) >= 11 is 0. The zero-order valence-electron chi connectivity index (χ0n) is 33.4. The molecule has 24 nitrogen and oxygen atoms in total. The maximum Gasteiger partial charge on any atom is 0.338 e. The number of aliphatic carboxylic acids is 2. The molecule has 0 saturated heterocycles. The number of rotatable bonds is 21. The molecule has 65 heavy (non-hydrogen) atoms. The van der Waals surface area contributed by atoms with Crippen molar-refractivity contribution in [3.8, 4) is 0 Å². The molecule has 0 atom stereocenters. The van der Waals surface area contributed by atoms with Crippen LogP contribution in [-0.4, -0.2) is 121 Å². The highest BCUT2D eigenvalue weighted by Gasteiger charge is 2.27. The minimum absolute atomic E-state index is 0.0425. The summed E-state index contributed by atoms with van der Waals surface area (Å²) in [7, 11) is -9.95. The van der Waals surface area contributed by atoms with E-state index >= 15 is 0 Å². The highest BCUT2D eigenvalue weighted by molar-refractivity contribution is 7.86. The number of benzene rings is 4. The number of carboxylic acids is 2. The van der Waals surface area contributed by atoms with Crippen molar-refractivity contribution in [2.24, 2.45) is 0 Å². The molecule has 0 aliphatic heterocycles. The first-order valence-corrected chi connectivity index (χ1v) is 21.7. The first kappa shape index (κ1) is 46.6. The van der Waals surface area contributed by atoms with Crippen LogP contribution in [0.2, 0.25) is 0 Å². The van der Waals surface area contributed by atoms with E-state index in [2.05, 4.69) is 56.5 Å². The molecule has 11 N–H and O–H groups in total. The molecule has 2 aromatic heterocycles. The molecule has 0 aliphatic carbocycles. The molecule has 0 bridgehead atoms. The Morgan fingerprint density at radius 1 is 0.538 bits per heavy atom. The lowest BCUT2D eigenvalue weighted by atomic mass is 10.1. The maximum absolute atomic E-state index is 12.7. The smallest absolute Gasteiger partial charge is 0.338 e. The minimum Gasteiger partial charge on any atom is -0.479 e. The van der Waals surface area contributed by atoms with Crippen LogP contribution in [0.1, 0.15) is 11.1 Å². The molecule has 4 aromatic carbocycles. The predicted molar refractivity (Wildman–Crippen MR) is 236 cm³/mol. The van der Waals surface area contributed by atoms with Crippen molar-refractivity contribution in [2.75, 3.05) is 57.8 Å². The van der Waals surface area contributed by atoms with E-state index in [-0.39, 0.29) is 78.5 Å². The molecule has 0 radical (unpaired) electrons. The van der Waals surface area contributed by atoms with Crippen molar-refractivity contribution in [1.29, 1.82) is 0 Å². The molecule has 0 aliphatic rings. The van der Waals surface area contributed by atoms with Gasteiger partial charge in [-0.25, -0.2) is 9.59 Å². The van der Waals surface area contributed by atoms with Crippen molar-refractivity contribution in [3.63, 3.8) is 0 Å². The number of para-hydroxylation sites is 2. The second-order valence-corrected chi connectivity index (χ2v) is 16.1. The molecule has 0 spiro atoms. The van der Waals surface area contributed by atoms with Gasteiger partial charge in [-0.15, -0.1) is 0 Å². The summed E-state index contributed by atoms with van der Waals surface area (Å²) in [4.78, 5) is 48.7. The largest absolute Gasteiger partial charge is 0.479 e. The van der Waals surface area contributed by atoms with E-state index in [0.717, 1.165) is 18.2 Å². The lowest BCUT2D eigenvalue weighted by Gasteiger charge is -2.21. The van der Waals surface area contributed by atoms with Gasteiger partial charge in [0.1, 0.15) is 9.79 Å². The van der Waals surface area contributed by atoms with Crippen LogP contribution in [0.4, 0.5) is 58.4 Å². The molecule has 0 amide bonds. The first-order chi connectivity index (χ1) is 31.0. The second kappa shape index (κ2) is 20.5. The summed E-state index contributed by atoms with van der Waals surface area (Å²) < 4.78 is 71.2. The van der Waals surface area contributed by atoms with Gasteiger partial charge < -0.3 is 51.9 Å². The summed E-state index contributed by atoms with van der Waals surface area (Å²) in [6, 6.07) is 22.4. The molecule has 0 unspecified atom stereocenters. The van der Waals surface area contributed by atoms with Crippen molar-refractivity contribution in [1.82, 2.24) is 29.9 Å². The zero-order chi connectivity index (χ0) is 46.7. The van der Waals surface area contributed by atoms with Gasteiger partial charge in [-0.1, -0.05) is 60.7 Å².